The third-order valence-corrected chi connectivity index (χ3v) is 9.98. The molecule has 266 valence electrons. The van der Waals surface area contributed by atoms with Crippen LogP contribution in [0.5, 0.6) is 0 Å². The standard InChI is InChI=1S/C36H47Cl2N5O5S/c1-3-20-47-22-23-48-21-14-39-33(44)26-41(2)34(45)12-10-27-9-11-31-28(24-27)25-32(49-31)36(46)40-13-4-5-15-42-16-18-43(19-17-42)30-8-6-7-29(37)35(30)38/h6-12,24-25H,3-5,13-23,26H2,1-2H3,(H,39,44)(H,40,46)/b12-10+. The molecule has 2 N–H and O–H groups in total. The van der Waals surface area contributed by atoms with Crippen LogP contribution in [0.25, 0.3) is 16.2 Å². The number of rotatable bonds is 19. The van der Waals surface area contributed by atoms with Gasteiger partial charge < -0.3 is 29.9 Å². The van der Waals surface area contributed by atoms with E-state index in [4.69, 9.17) is 32.7 Å². The van der Waals surface area contributed by atoms with Crippen LogP contribution in [-0.4, -0.2) is 113 Å². The number of likely N-dealkylation sites (N-methyl/N-ethyl adjacent to an activating group) is 1. The molecular weight excluding hydrogens is 685 g/mol. The summed E-state index contributed by atoms with van der Waals surface area (Å²) in [5.74, 6) is -0.613. The first-order chi connectivity index (χ1) is 23.7. The predicted octanol–water partition coefficient (Wildman–Crippen LogP) is 5.57. The number of halogens is 2. The van der Waals surface area contributed by atoms with Crippen molar-refractivity contribution in [2.24, 2.45) is 0 Å². The zero-order valence-electron chi connectivity index (χ0n) is 28.3. The fourth-order valence-corrected chi connectivity index (χ4v) is 6.72. The van der Waals surface area contributed by atoms with Crippen molar-refractivity contribution in [3.63, 3.8) is 0 Å². The Morgan fingerprint density at radius 3 is 2.49 bits per heavy atom. The second kappa shape index (κ2) is 20.5. The lowest BCUT2D eigenvalue weighted by Crippen LogP contribution is -2.46. The number of piperazine rings is 1. The number of carbonyl (C=O) groups is 3. The Balaban J connectivity index is 1.12. The predicted molar refractivity (Wildman–Crippen MR) is 200 cm³/mol. The monoisotopic (exact) mass is 731 g/mol. The minimum absolute atomic E-state index is 0.0532. The minimum Gasteiger partial charge on any atom is -0.379 e. The molecule has 1 saturated heterocycles. The maximum atomic E-state index is 12.9. The van der Waals surface area contributed by atoms with Gasteiger partial charge in [0.25, 0.3) is 5.91 Å². The lowest BCUT2D eigenvalue weighted by Gasteiger charge is -2.36. The van der Waals surface area contributed by atoms with Crippen LogP contribution in [0, 0.1) is 0 Å². The number of unbranched alkanes of at least 4 members (excludes halogenated alkanes) is 1. The van der Waals surface area contributed by atoms with Crippen molar-refractivity contribution in [1.29, 1.82) is 0 Å². The fraction of sp³-hybridized carbons (Fsp3) is 0.472. The molecule has 10 nitrogen and oxygen atoms in total. The molecule has 0 atom stereocenters. The molecule has 0 bridgehead atoms. The third-order valence-electron chi connectivity index (χ3n) is 8.06. The van der Waals surface area contributed by atoms with Gasteiger partial charge in [-0.15, -0.1) is 11.3 Å². The Morgan fingerprint density at radius 1 is 0.939 bits per heavy atom. The van der Waals surface area contributed by atoms with Crippen LogP contribution < -0.4 is 15.5 Å². The zero-order valence-corrected chi connectivity index (χ0v) is 30.7. The van der Waals surface area contributed by atoms with Crippen LogP contribution >= 0.6 is 34.5 Å². The number of nitrogens with zero attached hydrogens (tertiary/aromatic N) is 3. The Kier molecular flexibility index (Phi) is 16.1. The topological polar surface area (TPSA) is 103 Å². The van der Waals surface area contributed by atoms with Gasteiger partial charge in [0.15, 0.2) is 0 Å². The molecule has 1 aliphatic heterocycles. The first kappa shape index (κ1) is 38.6. The Labute approximate surface area is 303 Å². The van der Waals surface area contributed by atoms with E-state index < -0.39 is 0 Å². The molecule has 13 heteroatoms. The number of anilines is 1. The number of nitrogens with one attached hydrogen (secondary N) is 2. The number of carbonyl (C=O) groups excluding carboxylic acids is 3. The molecule has 0 aliphatic carbocycles. The maximum Gasteiger partial charge on any atom is 0.261 e. The molecule has 2 aromatic carbocycles. The van der Waals surface area contributed by atoms with Gasteiger partial charge in [0.2, 0.25) is 11.8 Å². The highest BCUT2D eigenvalue weighted by atomic mass is 35.5. The van der Waals surface area contributed by atoms with Crippen molar-refractivity contribution in [3.05, 3.63) is 69.0 Å². The van der Waals surface area contributed by atoms with Crippen molar-refractivity contribution >= 4 is 74.1 Å². The van der Waals surface area contributed by atoms with Crippen LogP contribution in [0.4, 0.5) is 5.69 Å². The number of ether oxygens (including phenoxy) is 2. The largest absolute Gasteiger partial charge is 0.379 e. The molecule has 2 heterocycles. The quantitative estimate of drug-likeness (QED) is 0.123. The van der Waals surface area contributed by atoms with Crippen molar-refractivity contribution in [3.8, 4) is 0 Å². The van der Waals surface area contributed by atoms with Gasteiger partial charge in [-0.05, 0) is 73.2 Å². The molecule has 3 amide bonds. The number of thiophene rings is 1. The summed E-state index contributed by atoms with van der Waals surface area (Å²) < 4.78 is 11.8. The molecule has 1 aromatic heterocycles. The first-order valence-corrected chi connectivity index (χ1v) is 18.4. The van der Waals surface area contributed by atoms with Crippen LogP contribution in [0.2, 0.25) is 10.0 Å². The molecular formula is C36H47Cl2N5O5S. The lowest BCUT2D eigenvalue weighted by atomic mass is 10.1. The van der Waals surface area contributed by atoms with E-state index in [1.165, 1.54) is 22.3 Å². The SMILES string of the molecule is CCCOCCOCCNC(=O)CN(C)C(=O)/C=C/c1ccc2sc(C(=O)NCCCCN3CCN(c4cccc(Cl)c4Cl)CC3)cc2c1. The van der Waals surface area contributed by atoms with Gasteiger partial charge in [-0.2, -0.15) is 0 Å². The summed E-state index contributed by atoms with van der Waals surface area (Å²) in [5.41, 5.74) is 1.82. The summed E-state index contributed by atoms with van der Waals surface area (Å²) in [5, 5.41) is 7.94. The van der Waals surface area contributed by atoms with Gasteiger partial charge in [-0.25, -0.2) is 0 Å². The van der Waals surface area contributed by atoms with Crippen LogP contribution in [0.3, 0.4) is 0 Å². The average molecular weight is 733 g/mol. The third kappa shape index (κ3) is 12.6. The number of benzene rings is 2. The van der Waals surface area contributed by atoms with E-state index in [0.717, 1.165) is 73.3 Å². The molecule has 49 heavy (non-hydrogen) atoms. The molecule has 1 aliphatic rings. The second-order valence-corrected chi connectivity index (χ2v) is 13.7. The molecule has 0 unspecified atom stereocenters. The van der Waals surface area contributed by atoms with E-state index in [2.05, 4.69) is 20.4 Å². The van der Waals surface area contributed by atoms with Crippen LogP contribution in [0.1, 0.15) is 41.4 Å². The highest BCUT2D eigenvalue weighted by molar-refractivity contribution is 7.20. The number of hydrogen-bond acceptors (Lipinski definition) is 8. The van der Waals surface area contributed by atoms with Crippen molar-refractivity contribution in [2.45, 2.75) is 26.2 Å². The second-order valence-electron chi connectivity index (χ2n) is 11.9. The van der Waals surface area contributed by atoms with Crippen LogP contribution in [-0.2, 0) is 19.1 Å². The number of fused-ring (bicyclic) bond motifs is 1. The highest BCUT2D eigenvalue weighted by Gasteiger charge is 2.19. The summed E-state index contributed by atoms with van der Waals surface area (Å²) in [6.45, 7) is 9.81. The summed E-state index contributed by atoms with van der Waals surface area (Å²) >= 11 is 14.0. The van der Waals surface area contributed by atoms with Crippen LogP contribution in [0.15, 0.2) is 48.5 Å². The number of amides is 3. The Bertz CT molecular complexity index is 1560. The Morgan fingerprint density at radius 2 is 1.71 bits per heavy atom. The highest BCUT2D eigenvalue weighted by Crippen LogP contribution is 2.33. The lowest BCUT2D eigenvalue weighted by molar-refractivity contribution is -0.131. The molecule has 0 radical (unpaired) electrons. The molecule has 0 saturated carbocycles. The first-order valence-electron chi connectivity index (χ1n) is 16.8. The van der Waals surface area contributed by atoms with E-state index in [0.29, 0.717) is 54.4 Å². The van der Waals surface area contributed by atoms with Crippen molar-refractivity contribution < 1.29 is 23.9 Å². The summed E-state index contributed by atoms with van der Waals surface area (Å²) in [6.07, 6.45) is 6.04. The maximum absolute atomic E-state index is 12.9. The zero-order chi connectivity index (χ0) is 35.0. The smallest absolute Gasteiger partial charge is 0.261 e. The fourth-order valence-electron chi connectivity index (χ4n) is 5.35. The van der Waals surface area contributed by atoms with E-state index in [1.807, 2.05) is 49.4 Å². The molecule has 4 rings (SSSR count). The van der Waals surface area contributed by atoms with Gasteiger partial charge in [0, 0.05) is 63.7 Å². The van der Waals surface area contributed by atoms with E-state index in [1.54, 1.807) is 13.1 Å². The van der Waals surface area contributed by atoms with E-state index in [9.17, 15) is 14.4 Å². The van der Waals surface area contributed by atoms with E-state index in [-0.39, 0.29) is 24.3 Å². The molecule has 3 aromatic rings. The van der Waals surface area contributed by atoms with Gasteiger partial charge in [0.05, 0.1) is 47.0 Å². The summed E-state index contributed by atoms with van der Waals surface area (Å²) in [7, 11) is 1.58. The summed E-state index contributed by atoms with van der Waals surface area (Å²) in [6, 6.07) is 13.5. The van der Waals surface area contributed by atoms with Gasteiger partial charge in [-0.3, -0.25) is 19.3 Å². The van der Waals surface area contributed by atoms with E-state index >= 15 is 0 Å². The van der Waals surface area contributed by atoms with Crippen molar-refractivity contribution in [2.75, 3.05) is 90.7 Å². The summed E-state index contributed by atoms with van der Waals surface area (Å²) in [4.78, 5) is 44.4. The Hall–Kier alpha value is -3.19. The van der Waals surface area contributed by atoms with Crippen molar-refractivity contribution in [1.82, 2.24) is 20.4 Å². The normalized spacial score (nSPS) is 13.7. The molecule has 1 fully saturated rings. The number of hydrogen-bond donors (Lipinski definition) is 2. The molecule has 0 spiro atoms. The van der Waals surface area contributed by atoms with Gasteiger partial charge >= 0.3 is 0 Å². The van der Waals surface area contributed by atoms with Gasteiger partial charge in [-0.1, -0.05) is 42.3 Å². The minimum atomic E-state index is -0.283. The average Bonchev–Trinajstić information content (AvgIpc) is 3.53. The van der Waals surface area contributed by atoms with Gasteiger partial charge in [0.1, 0.15) is 0 Å².